The number of halogens is 1. The fraction of sp³-hybridized carbons (Fsp3) is 0.316. The maximum atomic E-state index is 14.7. The van der Waals surface area contributed by atoms with Gasteiger partial charge in [-0.2, -0.15) is 0 Å². The fourth-order valence-electron chi connectivity index (χ4n) is 3.30. The van der Waals surface area contributed by atoms with Gasteiger partial charge in [0.15, 0.2) is 0 Å². The van der Waals surface area contributed by atoms with Crippen molar-refractivity contribution >= 4 is 11.5 Å². The summed E-state index contributed by atoms with van der Waals surface area (Å²) in [5, 5.41) is 0. The molecule has 1 aliphatic rings. The molecule has 0 N–H and O–H groups in total. The Morgan fingerprint density at radius 2 is 1.88 bits per heavy atom. The van der Waals surface area contributed by atoms with Gasteiger partial charge in [-0.3, -0.25) is 9.39 Å². The highest BCUT2D eigenvalue weighted by Gasteiger charge is 2.45. The number of hydrogen-bond acceptors (Lipinski definition) is 3. The average Bonchev–Trinajstić information content (AvgIpc) is 2.98. The number of hydrogen-bond donors (Lipinski definition) is 0. The van der Waals surface area contributed by atoms with Gasteiger partial charge in [0.1, 0.15) is 5.82 Å². The first kappa shape index (κ1) is 15.0. The van der Waals surface area contributed by atoms with Crippen LogP contribution in [0.4, 0.5) is 4.39 Å². The van der Waals surface area contributed by atoms with Crippen LogP contribution < -0.4 is 0 Å². The Kier molecular flexibility index (Phi) is 2.95. The summed E-state index contributed by atoms with van der Waals surface area (Å²) in [7, 11) is 0. The normalized spacial score (nSPS) is 18.3. The van der Waals surface area contributed by atoms with Crippen LogP contribution in [0, 0.1) is 5.82 Å². The fourth-order valence-corrected chi connectivity index (χ4v) is 3.30. The maximum absolute atomic E-state index is 14.7. The van der Waals surface area contributed by atoms with Gasteiger partial charge < -0.3 is 0 Å². The molecule has 0 spiro atoms. The molecular formula is C19H19FN4. The Labute approximate surface area is 140 Å². The number of fused-ring (bicyclic) bond motifs is 2. The zero-order valence-electron chi connectivity index (χ0n) is 14.2. The van der Waals surface area contributed by atoms with Gasteiger partial charge in [-0.15, -0.1) is 0 Å². The number of aliphatic imine (C=N–C) groups is 1. The quantitative estimate of drug-likeness (QED) is 0.684. The lowest BCUT2D eigenvalue weighted by atomic mass is 9.65. The Morgan fingerprint density at radius 3 is 2.67 bits per heavy atom. The van der Waals surface area contributed by atoms with Crippen molar-refractivity contribution in [2.45, 2.75) is 38.6 Å². The highest BCUT2D eigenvalue weighted by Crippen LogP contribution is 2.44. The van der Waals surface area contributed by atoms with Crippen LogP contribution in [0.1, 0.15) is 44.4 Å². The molecule has 2 aromatic heterocycles. The van der Waals surface area contributed by atoms with Crippen molar-refractivity contribution in [3.05, 3.63) is 65.5 Å². The monoisotopic (exact) mass is 322 g/mol. The molecule has 0 aliphatic carbocycles. The maximum Gasteiger partial charge on any atom is 0.233 e. The van der Waals surface area contributed by atoms with Crippen LogP contribution in [0.15, 0.2) is 48.0 Å². The van der Waals surface area contributed by atoms with Gasteiger partial charge in [-0.05, 0) is 19.9 Å². The number of rotatable bonds is 1. The molecule has 0 bridgehead atoms. The van der Waals surface area contributed by atoms with Crippen molar-refractivity contribution in [3.63, 3.8) is 0 Å². The number of aromatic nitrogens is 3. The first-order valence-corrected chi connectivity index (χ1v) is 7.99. The summed E-state index contributed by atoms with van der Waals surface area (Å²) in [6.07, 6.45) is 7.24. The van der Waals surface area contributed by atoms with Gasteiger partial charge in [0, 0.05) is 46.9 Å². The number of nitrogens with zero attached hydrogens (tertiary/aromatic N) is 4. The van der Waals surface area contributed by atoms with Crippen LogP contribution >= 0.6 is 0 Å². The number of benzene rings is 1. The van der Waals surface area contributed by atoms with Gasteiger partial charge in [0.25, 0.3) is 0 Å². The molecule has 0 saturated carbocycles. The third kappa shape index (κ3) is 1.94. The van der Waals surface area contributed by atoms with Crippen molar-refractivity contribution in [1.29, 1.82) is 0 Å². The van der Waals surface area contributed by atoms with Gasteiger partial charge in [-0.25, -0.2) is 14.4 Å². The average molecular weight is 322 g/mol. The molecule has 122 valence electrons. The summed E-state index contributed by atoms with van der Waals surface area (Å²) in [5.41, 5.74) is 2.32. The van der Waals surface area contributed by atoms with Gasteiger partial charge in [0.2, 0.25) is 5.78 Å². The van der Waals surface area contributed by atoms with Crippen molar-refractivity contribution in [2.24, 2.45) is 4.99 Å². The topological polar surface area (TPSA) is 42.5 Å². The van der Waals surface area contributed by atoms with E-state index in [2.05, 4.69) is 9.97 Å². The molecule has 4 rings (SSSR count). The van der Waals surface area contributed by atoms with Crippen LogP contribution in [0.5, 0.6) is 0 Å². The molecule has 0 amide bonds. The predicted octanol–water partition coefficient (Wildman–Crippen LogP) is 3.78. The van der Waals surface area contributed by atoms with E-state index >= 15 is 0 Å². The van der Waals surface area contributed by atoms with Gasteiger partial charge in [-0.1, -0.05) is 26.0 Å². The second kappa shape index (κ2) is 4.72. The zero-order valence-corrected chi connectivity index (χ0v) is 14.2. The highest BCUT2D eigenvalue weighted by molar-refractivity contribution is 6.14. The van der Waals surface area contributed by atoms with Gasteiger partial charge in [0.05, 0.1) is 11.3 Å². The molecule has 3 aromatic rings. The van der Waals surface area contributed by atoms with Crippen LogP contribution in [0.25, 0.3) is 5.78 Å². The summed E-state index contributed by atoms with van der Waals surface area (Å²) in [5.74, 6) is 0.448. The highest BCUT2D eigenvalue weighted by atomic mass is 19.1. The smallest absolute Gasteiger partial charge is 0.233 e. The van der Waals surface area contributed by atoms with Crippen LogP contribution in [-0.4, -0.2) is 25.6 Å². The summed E-state index contributed by atoms with van der Waals surface area (Å²) >= 11 is 0. The molecule has 5 heteroatoms. The van der Waals surface area contributed by atoms with E-state index in [1.54, 1.807) is 18.5 Å². The van der Waals surface area contributed by atoms with Crippen molar-refractivity contribution in [1.82, 2.24) is 14.4 Å². The molecule has 0 radical (unpaired) electrons. The summed E-state index contributed by atoms with van der Waals surface area (Å²) < 4.78 is 16.6. The number of imidazole rings is 1. The second-order valence-corrected chi connectivity index (χ2v) is 7.28. The first-order valence-electron chi connectivity index (χ1n) is 7.99. The minimum absolute atomic E-state index is 0.186. The van der Waals surface area contributed by atoms with E-state index in [0.29, 0.717) is 11.3 Å². The molecule has 0 unspecified atom stereocenters. The molecule has 1 aromatic carbocycles. The van der Waals surface area contributed by atoms with E-state index < -0.39 is 11.0 Å². The first-order chi connectivity index (χ1) is 11.3. The second-order valence-electron chi connectivity index (χ2n) is 7.28. The van der Waals surface area contributed by atoms with Gasteiger partial charge >= 0.3 is 0 Å². The lowest BCUT2D eigenvalue weighted by molar-refractivity contribution is 0.293. The Bertz CT molecular complexity index is 982. The summed E-state index contributed by atoms with van der Waals surface area (Å²) in [4.78, 5) is 13.5. The SMILES string of the molecule is CC1(C)N=C(c2cnc3nccn3c2)c2cccc(F)c2C1(C)C. The van der Waals surface area contributed by atoms with E-state index in [1.165, 1.54) is 6.07 Å². The standard InChI is InChI=1S/C19H19FN4/c1-18(2)15-13(6-5-7-14(15)20)16(23-19(18,3)4)12-10-22-17-21-8-9-24(17)11-12/h5-11H,1-4H3. The van der Waals surface area contributed by atoms with Crippen LogP contribution in [-0.2, 0) is 5.41 Å². The van der Waals surface area contributed by atoms with E-state index in [-0.39, 0.29) is 5.82 Å². The van der Waals surface area contributed by atoms with Crippen LogP contribution in [0.2, 0.25) is 0 Å². The third-order valence-electron chi connectivity index (χ3n) is 5.33. The molecule has 0 fully saturated rings. The van der Waals surface area contributed by atoms with Crippen molar-refractivity contribution in [3.8, 4) is 0 Å². The Balaban J connectivity index is 2.01. The molecular weight excluding hydrogens is 303 g/mol. The Hall–Kier alpha value is -2.56. The van der Waals surface area contributed by atoms with E-state index in [4.69, 9.17) is 4.99 Å². The Morgan fingerprint density at radius 1 is 1.08 bits per heavy atom. The minimum atomic E-state index is -0.443. The summed E-state index contributed by atoms with van der Waals surface area (Å²) in [6, 6.07) is 5.20. The minimum Gasteiger partial charge on any atom is -0.291 e. The van der Waals surface area contributed by atoms with Crippen LogP contribution in [0.3, 0.4) is 0 Å². The van der Waals surface area contributed by atoms with Crippen molar-refractivity contribution in [2.75, 3.05) is 0 Å². The largest absolute Gasteiger partial charge is 0.291 e. The lowest BCUT2D eigenvalue weighted by Gasteiger charge is -2.44. The van der Waals surface area contributed by atoms with E-state index in [1.807, 2.05) is 50.6 Å². The molecule has 3 heterocycles. The van der Waals surface area contributed by atoms with E-state index in [0.717, 1.165) is 16.8 Å². The lowest BCUT2D eigenvalue weighted by Crippen LogP contribution is -2.46. The van der Waals surface area contributed by atoms with Crippen molar-refractivity contribution < 1.29 is 4.39 Å². The molecule has 0 saturated heterocycles. The molecule has 0 atom stereocenters. The molecule has 4 nitrogen and oxygen atoms in total. The molecule has 24 heavy (non-hydrogen) atoms. The van der Waals surface area contributed by atoms with E-state index in [9.17, 15) is 4.39 Å². The predicted molar refractivity (Wildman–Crippen MR) is 92.1 cm³/mol. The molecule has 1 aliphatic heterocycles. The summed E-state index contributed by atoms with van der Waals surface area (Å²) in [6.45, 7) is 8.19. The third-order valence-corrected chi connectivity index (χ3v) is 5.33. The zero-order chi connectivity index (χ0) is 17.1.